The molecule has 33 heavy (non-hydrogen) atoms. The number of hydrogen-bond donors (Lipinski definition) is 0. The number of benzene rings is 3. The van der Waals surface area contributed by atoms with Crippen molar-refractivity contribution in [3.8, 4) is 16.9 Å². The summed E-state index contributed by atoms with van der Waals surface area (Å²) in [6, 6.07) is 23.4. The molecule has 0 N–H and O–H groups in total. The number of nitrogens with zero attached hydrogens (tertiary/aromatic N) is 3. The van der Waals surface area contributed by atoms with E-state index in [1.165, 1.54) is 36.0 Å². The molecule has 0 aliphatic carbocycles. The van der Waals surface area contributed by atoms with E-state index >= 15 is 0 Å². The quantitative estimate of drug-likeness (QED) is 0.170. The van der Waals surface area contributed by atoms with Crippen LogP contribution in [-0.4, -0.2) is 26.3 Å². The highest BCUT2D eigenvalue weighted by molar-refractivity contribution is 7.99. The summed E-state index contributed by atoms with van der Waals surface area (Å²) in [6.07, 6.45) is 1.75. The topological polar surface area (TPSA) is 57.0 Å². The summed E-state index contributed by atoms with van der Waals surface area (Å²) in [5.74, 6) is 1.07. The van der Waals surface area contributed by atoms with Crippen molar-refractivity contribution in [3.05, 3.63) is 109 Å². The van der Waals surface area contributed by atoms with Crippen LogP contribution in [0.25, 0.3) is 11.1 Å². The van der Waals surface area contributed by atoms with Crippen molar-refractivity contribution in [2.24, 2.45) is 0 Å². The molecular weight excluding hydrogens is 437 g/mol. The molecule has 0 bridgehead atoms. The van der Waals surface area contributed by atoms with Crippen LogP contribution < -0.4 is 4.74 Å². The Bertz CT molecular complexity index is 1240. The summed E-state index contributed by atoms with van der Waals surface area (Å²) in [5, 5.41) is 9.11. The summed E-state index contributed by atoms with van der Waals surface area (Å²) < 4.78 is 21.1. The van der Waals surface area contributed by atoms with Crippen LogP contribution in [0.3, 0.4) is 0 Å². The van der Waals surface area contributed by atoms with E-state index in [4.69, 9.17) is 4.74 Å². The number of ketones is 1. The lowest BCUT2D eigenvalue weighted by molar-refractivity contribution is 0.102. The number of halogens is 1. The molecule has 0 amide bonds. The van der Waals surface area contributed by atoms with Crippen LogP contribution in [-0.2, 0) is 13.2 Å². The smallest absolute Gasteiger partial charge is 0.192 e. The Morgan fingerprint density at radius 3 is 2.48 bits per heavy atom. The second-order valence-electron chi connectivity index (χ2n) is 7.17. The average Bonchev–Trinajstić information content (AvgIpc) is 3.24. The molecule has 0 fully saturated rings. The van der Waals surface area contributed by atoms with Crippen LogP contribution in [0.4, 0.5) is 4.39 Å². The predicted octanol–water partition coefficient (Wildman–Crippen LogP) is 5.82. The summed E-state index contributed by atoms with van der Waals surface area (Å²) >= 11 is 1.28. The highest BCUT2D eigenvalue weighted by Crippen LogP contribution is 2.30. The Balaban J connectivity index is 1.47. The van der Waals surface area contributed by atoms with E-state index in [0.29, 0.717) is 23.1 Å². The molecule has 4 aromatic rings. The molecule has 1 aromatic heterocycles. The van der Waals surface area contributed by atoms with E-state index in [-0.39, 0.29) is 24.0 Å². The van der Waals surface area contributed by atoms with Crippen LogP contribution >= 0.6 is 11.8 Å². The van der Waals surface area contributed by atoms with Gasteiger partial charge in [-0.2, -0.15) is 0 Å². The van der Waals surface area contributed by atoms with Gasteiger partial charge in [-0.1, -0.05) is 66.4 Å². The number of carbonyl (C=O) groups is 1. The monoisotopic (exact) mass is 459 g/mol. The fraction of sp³-hybridized carbons (Fsp3) is 0.115. The lowest BCUT2D eigenvalue weighted by Gasteiger charge is -2.12. The van der Waals surface area contributed by atoms with Gasteiger partial charge in [-0.15, -0.1) is 16.8 Å². The van der Waals surface area contributed by atoms with E-state index in [0.717, 1.165) is 16.9 Å². The van der Waals surface area contributed by atoms with Crippen molar-refractivity contribution in [2.45, 2.75) is 18.3 Å². The lowest BCUT2D eigenvalue weighted by atomic mass is 10.1. The van der Waals surface area contributed by atoms with Gasteiger partial charge in [0.25, 0.3) is 0 Å². The maximum absolute atomic E-state index is 13.1. The van der Waals surface area contributed by atoms with Crippen LogP contribution in [0.15, 0.2) is 96.7 Å². The largest absolute Gasteiger partial charge is 0.485 e. The van der Waals surface area contributed by atoms with Gasteiger partial charge in [0.05, 0.1) is 5.75 Å². The molecule has 166 valence electrons. The number of thioether (sulfide) groups is 1. The Morgan fingerprint density at radius 2 is 1.73 bits per heavy atom. The normalized spacial score (nSPS) is 10.7. The Morgan fingerprint density at radius 1 is 1.00 bits per heavy atom. The number of hydrogen-bond acceptors (Lipinski definition) is 5. The SMILES string of the molecule is C=CCn1c(COc2ccccc2-c2ccccc2)nnc1SCC(=O)c1ccc(F)cc1. The number of carbonyl (C=O) groups excluding carboxylic acids is 1. The fourth-order valence-corrected chi connectivity index (χ4v) is 4.15. The minimum absolute atomic E-state index is 0.109. The third kappa shape index (κ3) is 5.56. The molecule has 0 unspecified atom stereocenters. The predicted molar refractivity (Wildman–Crippen MR) is 128 cm³/mol. The summed E-state index contributed by atoms with van der Waals surface area (Å²) in [6.45, 7) is 4.52. The highest BCUT2D eigenvalue weighted by atomic mass is 32.2. The summed E-state index contributed by atoms with van der Waals surface area (Å²) in [4.78, 5) is 12.4. The summed E-state index contributed by atoms with van der Waals surface area (Å²) in [7, 11) is 0. The highest BCUT2D eigenvalue weighted by Gasteiger charge is 2.16. The molecule has 0 radical (unpaired) electrons. The van der Waals surface area contributed by atoms with Crippen LogP contribution in [0.2, 0.25) is 0 Å². The Labute approximate surface area is 195 Å². The number of aromatic nitrogens is 3. The molecule has 1 heterocycles. The van der Waals surface area contributed by atoms with Crippen molar-refractivity contribution >= 4 is 17.5 Å². The van der Waals surface area contributed by atoms with Crippen molar-refractivity contribution in [1.82, 2.24) is 14.8 Å². The van der Waals surface area contributed by atoms with Gasteiger partial charge >= 0.3 is 0 Å². The third-order valence-electron chi connectivity index (χ3n) is 4.93. The van der Waals surface area contributed by atoms with Crippen molar-refractivity contribution < 1.29 is 13.9 Å². The number of rotatable bonds is 10. The number of Topliss-reactive ketones (excluding diaryl/α,β-unsaturated/α-hetero) is 1. The van der Waals surface area contributed by atoms with Crippen LogP contribution in [0.1, 0.15) is 16.2 Å². The van der Waals surface area contributed by atoms with E-state index in [9.17, 15) is 9.18 Å². The zero-order valence-corrected chi connectivity index (χ0v) is 18.7. The first-order valence-corrected chi connectivity index (χ1v) is 11.4. The van der Waals surface area contributed by atoms with Gasteiger partial charge in [-0.25, -0.2) is 4.39 Å². The van der Waals surface area contributed by atoms with Gasteiger partial charge in [0, 0.05) is 17.7 Å². The first kappa shape index (κ1) is 22.5. The van der Waals surface area contributed by atoms with Crippen molar-refractivity contribution in [2.75, 3.05) is 5.75 Å². The molecule has 0 aliphatic heterocycles. The molecule has 3 aromatic carbocycles. The second kappa shape index (κ2) is 10.7. The Kier molecular flexibility index (Phi) is 7.32. The maximum atomic E-state index is 13.1. The van der Waals surface area contributed by atoms with Gasteiger partial charge in [-0.3, -0.25) is 9.36 Å². The zero-order valence-electron chi connectivity index (χ0n) is 17.9. The maximum Gasteiger partial charge on any atom is 0.192 e. The molecule has 4 rings (SSSR count). The van der Waals surface area contributed by atoms with E-state index in [2.05, 4.69) is 16.8 Å². The number of ether oxygens (including phenoxy) is 1. The molecule has 0 saturated heterocycles. The average molecular weight is 460 g/mol. The lowest BCUT2D eigenvalue weighted by Crippen LogP contribution is -2.09. The number of para-hydroxylation sites is 1. The molecule has 0 saturated carbocycles. The minimum atomic E-state index is -0.372. The van der Waals surface area contributed by atoms with E-state index in [1.54, 1.807) is 6.08 Å². The van der Waals surface area contributed by atoms with E-state index in [1.807, 2.05) is 59.2 Å². The second-order valence-corrected chi connectivity index (χ2v) is 8.11. The molecule has 0 spiro atoms. The van der Waals surface area contributed by atoms with E-state index < -0.39 is 0 Å². The molecule has 7 heteroatoms. The van der Waals surface area contributed by atoms with Gasteiger partial charge in [0.15, 0.2) is 16.8 Å². The molecule has 0 aliphatic rings. The molecular formula is C26H22FN3O2S. The van der Waals surface area contributed by atoms with Gasteiger partial charge < -0.3 is 4.74 Å². The summed E-state index contributed by atoms with van der Waals surface area (Å²) in [5.41, 5.74) is 2.52. The Hall–Kier alpha value is -3.71. The van der Waals surface area contributed by atoms with Gasteiger partial charge in [0.2, 0.25) is 0 Å². The fourth-order valence-electron chi connectivity index (χ4n) is 3.29. The molecule has 0 atom stereocenters. The van der Waals surface area contributed by atoms with Gasteiger partial charge in [-0.05, 0) is 35.9 Å². The van der Waals surface area contributed by atoms with Gasteiger partial charge in [0.1, 0.15) is 18.2 Å². The van der Waals surface area contributed by atoms with Crippen LogP contribution in [0, 0.1) is 5.82 Å². The standard InChI is InChI=1S/C26H22FN3O2S/c1-2-16-30-25(17-32-24-11-7-6-10-22(24)19-8-4-3-5-9-19)28-29-26(30)33-18-23(31)20-12-14-21(27)15-13-20/h2-15H,1,16-18H2. The van der Waals surface area contributed by atoms with Crippen molar-refractivity contribution in [1.29, 1.82) is 0 Å². The molecule has 5 nitrogen and oxygen atoms in total. The number of allylic oxidation sites excluding steroid dienone is 1. The first-order valence-electron chi connectivity index (χ1n) is 10.4. The third-order valence-corrected chi connectivity index (χ3v) is 5.90. The van der Waals surface area contributed by atoms with Crippen LogP contribution in [0.5, 0.6) is 5.75 Å². The van der Waals surface area contributed by atoms with Crippen molar-refractivity contribution in [3.63, 3.8) is 0 Å². The first-order chi connectivity index (χ1) is 16.2. The minimum Gasteiger partial charge on any atom is -0.485 e. The zero-order chi connectivity index (χ0) is 23.0.